The lowest BCUT2D eigenvalue weighted by Crippen LogP contribution is -2.51. The summed E-state index contributed by atoms with van der Waals surface area (Å²) < 4.78 is 10.6. The summed E-state index contributed by atoms with van der Waals surface area (Å²) in [6.07, 6.45) is 7.81. The molecule has 4 aliphatic rings. The number of rotatable bonds is 4. The molecule has 6 rings (SSSR count). The Bertz CT molecular complexity index is 925. The van der Waals surface area contributed by atoms with Crippen LogP contribution in [-0.4, -0.2) is 19.6 Å². The van der Waals surface area contributed by atoms with Gasteiger partial charge in [-0.05, 0) is 73.8 Å². The number of carbonyl (C=O) groups excluding carboxylic acids is 1. The van der Waals surface area contributed by atoms with E-state index in [1.165, 1.54) is 45.6 Å². The summed E-state index contributed by atoms with van der Waals surface area (Å²) in [5.74, 6) is 2.68. The quantitative estimate of drug-likeness (QED) is 0.836. The second kappa shape index (κ2) is 6.11. The minimum atomic E-state index is -0.616. The highest BCUT2D eigenvalue weighted by atomic mass is 16.5. The molecule has 4 fully saturated rings. The molecule has 0 atom stereocenters. The lowest BCUT2D eigenvalue weighted by Gasteiger charge is -2.56. The molecule has 2 aromatic rings. The van der Waals surface area contributed by atoms with Gasteiger partial charge in [-0.2, -0.15) is 0 Å². The van der Waals surface area contributed by atoms with Crippen molar-refractivity contribution < 1.29 is 13.9 Å². The molecule has 27 heavy (non-hydrogen) atoms. The molecule has 1 amide bonds. The van der Waals surface area contributed by atoms with E-state index in [0.717, 1.165) is 17.8 Å². The molecule has 5 heteroatoms. The van der Waals surface area contributed by atoms with Gasteiger partial charge in [0.1, 0.15) is 5.56 Å². The van der Waals surface area contributed by atoms with Gasteiger partial charge in [-0.25, -0.2) is 4.79 Å². The zero-order chi connectivity index (χ0) is 18.6. The summed E-state index contributed by atoms with van der Waals surface area (Å²) in [6.45, 7) is 0.672. The first-order valence-corrected chi connectivity index (χ1v) is 9.94. The maximum absolute atomic E-state index is 12.8. The van der Waals surface area contributed by atoms with E-state index in [1.807, 2.05) is 12.1 Å². The molecule has 1 aromatic carbocycles. The minimum Gasteiger partial charge on any atom is -0.493 e. The number of ether oxygens (including phenoxy) is 1. The van der Waals surface area contributed by atoms with Crippen LogP contribution in [0.1, 0.15) is 48.9 Å². The van der Waals surface area contributed by atoms with Crippen molar-refractivity contribution in [1.29, 1.82) is 0 Å². The molecule has 4 aliphatic carbocycles. The fourth-order valence-corrected chi connectivity index (χ4v) is 6.31. The van der Waals surface area contributed by atoms with Crippen molar-refractivity contribution in [3.8, 4) is 5.75 Å². The zero-order valence-electron chi connectivity index (χ0n) is 15.6. The SMILES string of the molecule is COc1cccc2cc(C(=O)NCC34CC5CC(CC(C5)C3)C4)c(=O)oc12. The van der Waals surface area contributed by atoms with Gasteiger partial charge in [0.25, 0.3) is 5.91 Å². The van der Waals surface area contributed by atoms with E-state index in [-0.39, 0.29) is 16.9 Å². The third-order valence-electron chi connectivity index (χ3n) is 6.98. The Morgan fingerprint density at radius 3 is 2.48 bits per heavy atom. The van der Waals surface area contributed by atoms with Crippen LogP contribution in [0.2, 0.25) is 0 Å². The van der Waals surface area contributed by atoms with E-state index in [0.29, 0.717) is 23.3 Å². The summed E-state index contributed by atoms with van der Waals surface area (Å²) in [7, 11) is 1.53. The summed E-state index contributed by atoms with van der Waals surface area (Å²) in [4.78, 5) is 25.1. The van der Waals surface area contributed by atoms with Crippen LogP contribution >= 0.6 is 0 Å². The Hall–Kier alpha value is -2.30. The lowest BCUT2D eigenvalue weighted by molar-refractivity contribution is -0.0503. The zero-order valence-corrected chi connectivity index (χ0v) is 15.6. The van der Waals surface area contributed by atoms with Gasteiger partial charge in [-0.3, -0.25) is 4.79 Å². The van der Waals surface area contributed by atoms with Crippen LogP contribution in [0.15, 0.2) is 33.5 Å². The standard InChI is InChI=1S/C22H25NO4/c1-26-18-4-2-3-16-8-17(21(25)27-19(16)18)20(24)23-12-22-9-13-5-14(10-22)7-15(6-13)11-22/h2-4,8,13-15H,5-7,9-12H2,1H3,(H,23,24). The predicted molar refractivity (Wildman–Crippen MR) is 102 cm³/mol. The number of nitrogens with one attached hydrogen (secondary N) is 1. The second-order valence-electron chi connectivity index (χ2n) is 8.93. The highest BCUT2D eigenvalue weighted by Crippen LogP contribution is 2.59. The Morgan fingerprint density at radius 2 is 1.85 bits per heavy atom. The average molecular weight is 367 g/mol. The number of amides is 1. The van der Waals surface area contributed by atoms with E-state index >= 15 is 0 Å². The number of benzene rings is 1. The topological polar surface area (TPSA) is 68.5 Å². The number of para-hydroxylation sites is 1. The summed E-state index contributed by atoms with van der Waals surface area (Å²) in [6, 6.07) is 6.98. The predicted octanol–water partition coefficient (Wildman–Crippen LogP) is 3.75. The first-order valence-electron chi connectivity index (χ1n) is 9.94. The number of methoxy groups -OCH3 is 1. The van der Waals surface area contributed by atoms with Crippen LogP contribution in [0.25, 0.3) is 11.0 Å². The third-order valence-corrected chi connectivity index (χ3v) is 6.98. The summed E-state index contributed by atoms with van der Waals surface area (Å²) in [5, 5.41) is 3.75. The van der Waals surface area contributed by atoms with Crippen LogP contribution in [0, 0.1) is 23.2 Å². The monoisotopic (exact) mass is 367 g/mol. The molecule has 4 saturated carbocycles. The molecule has 1 aromatic heterocycles. The molecular formula is C22H25NO4. The van der Waals surface area contributed by atoms with E-state index in [4.69, 9.17) is 9.15 Å². The Morgan fingerprint density at radius 1 is 1.19 bits per heavy atom. The molecule has 0 aliphatic heterocycles. The van der Waals surface area contributed by atoms with Crippen LogP contribution < -0.4 is 15.7 Å². The maximum atomic E-state index is 12.8. The van der Waals surface area contributed by atoms with Gasteiger partial charge in [0.2, 0.25) is 0 Å². The largest absolute Gasteiger partial charge is 0.493 e. The smallest absolute Gasteiger partial charge is 0.349 e. The van der Waals surface area contributed by atoms with E-state index in [1.54, 1.807) is 12.1 Å². The van der Waals surface area contributed by atoms with E-state index < -0.39 is 5.63 Å². The van der Waals surface area contributed by atoms with Crippen molar-refractivity contribution in [2.45, 2.75) is 38.5 Å². The van der Waals surface area contributed by atoms with Gasteiger partial charge in [0, 0.05) is 11.9 Å². The molecule has 0 unspecified atom stereocenters. The van der Waals surface area contributed by atoms with Gasteiger partial charge < -0.3 is 14.5 Å². The summed E-state index contributed by atoms with van der Waals surface area (Å²) in [5.41, 5.74) is 0.0723. The fourth-order valence-electron chi connectivity index (χ4n) is 6.31. The molecular weight excluding hydrogens is 342 g/mol. The van der Waals surface area contributed by atoms with E-state index in [9.17, 15) is 9.59 Å². The molecule has 0 spiro atoms. The third kappa shape index (κ3) is 2.84. The van der Waals surface area contributed by atoms with Crippen LogP contribution in [-0.2, 0) is 0 Å². The second-order valence-corrected chi connectivity index (χ2v) is 8.93. The average Bonchev–Trinajstić information content (AvgIpc) is 2.64. The van der Waals surface area contributed by atoms with Gasteiger partial charge in [-0.1, -0.05) is 12.1 Å². The highest BCUT2D eigenvalue weighted by molar-refractivity contribution is 5.97. The summed E-state index contributed by atoms with van der Waals surface area (Å²) >= 11 is 0. The van der Waals surface area contributed by atoms with Crippen molar-refractivity contribution in [2.75, 3.05) is 13.7 Å². The van der Waals surface area contributed by atoms with Gasteiger partial charge in [0.15, 0.2) is 11.3 Å². The van der Waals surface area contributed by atoms with Crippen molar-refractivity contribution in [3.63, 3.8) is 0 Å². The lowest BCUT2D eigenvalue weighted by atomic mass is 9.49. The molecule has 5 nitrogen and oxygen atoms in total. The number of fused-ring (bicyclic) bond motifs is 1. The van der Waals surface area contributed by atoms with Crippen molar-refractivity contribution in [1.82, 2.24) is 5.32 Å². The van der Waals surface area contributed by atoms with Crippen LogP contribution in [0.5, 0.6) is 5.75 Å². The van der Waals surface area contributed by atoms with Gasteiger partial charge in [0.05, 0.1) is 7.11 Å². The molecule has 0 radical (unpaired) electrons. The van der Waals surface area contributed by atoms with E-state index in [2.05, 4.69) is 5.32 Å². The van der Waals surface area contributed by atoms with Crippen molar-refractivity contribution >= 4 is 16.9 Å². The van der Waals surface area contributed by atoms with Crippen molar-refractivity contribution in [3.05, 3.63) is 40.2 Å². The molecule has 1 N–H and O–H groups in total. The highest BCUT2D eigenvalue weighted by Gasteiger charge is 2.50. The Balaban J connectivity index is 1.37. The van der Waals surface area contributed by atoms with Crippen LogP contribution in [0.3, 0.4) is 0 Å². The maximum Gasteiger partial charge on any atom is 0.349 e. The molecule has 4 bridgehead atoms. The normalized spacial score (nSPS) is 31.2. The Kier molecular flexibility index (Phi) is 3.81. The molecule has 1 heterocycles. The van der Waals surface area contributed by atoms with Crippen LogP contribution in [0.4, 0.5) is 0 Å². The van der Waals surface area contributed by atoms with Gasteiger partial charge >= 0.3 is 5.63 Å². The number of carbonyl (C=O) groups is 1. The molecule has 0 saturated heterocycles. The Labute approximate surface area is 158 Å². The first kappa shape index (κ1) is 16.8. The number of hydrogen-bond donors (Lipinski definition) is 1. The number of hydrogen-bond acceptors (Lipinski definition) is 4. The van der Waals surface area contributed by atoms with Gasteiger partial charge in [-0.15, -0.1) is 0 Å². The first-order chi connectivity index (χ1) is 13.0. The molecule has 142 valence electrons. The van der Waals surface area contributed by atoms with Crippen molar-refractivity contribution in [2.24, 2.45) is 23.2 Å². The fraction of sp³-hybridized carbons (Fsp3) is 0.545. The minimum absolute atomic E-state index is 0.0699.